The third-order valence-corrected chi connectivity index (χ3v) is 11.1. The minimum atomic E-state index is -1.92. The number of likely N-dealkylation sites (tertiary alicyclic amines) is 1. The SMILES string of the molecule is CC(=O)N[C@H]1CN(Cc2ccccc2)[C@@H](CI)[C@@H]1O[Si](C)(C)C(C)(C)C. The van der Waals surface area contributed by atoms with E-state index in [0.29, 0.717) is 6.04 Å². The van der Waals surface area contributed by atoms with Gasteiger partial charge in [0.2, 0.25) is 5.91 Å². The van der Waals surface area contributed by atoms with E-state index in [4.69, 9.17) is 4.43 Å². The van der Waals surface area contributed by atoms with Gasteiger partial charge in [-0.25, -0.2) is 0 Å². The summed E-state index contributed by atoms with van der Waals surface area (Å²) >= 11 is 2.46. The van der Waals surface area contributed by atoms with Crippen molar-refractivity contribution in [3.63, 3.8) is 0 Å². The predicted molar refractivity (Wildman–Crippen MR) is 119 cm³/mol. The normalized spacial score (nSPS) is 24.7. The molecule has 0 aliphatic carbocycles. The number of nitrogens with zero attached hydrogens (tertiary/aromatic N) is 1. The highest BCUT2D eigenvalue weighted by molar-refractivity contribution is 14.1. The number of alkyl halides is 1. The molecule has 1 aromatic rings. The van der Waals surface area contributed by atoms with Gasteiger partial charge in [0.05, 0.1) is 12.1 Å². The molecule has 1 N–H and O–H groups in total. The summed E-state index contributed by atoms with van der Waals surface area (Å²) in [6, 6.07) is 10.9. The second kappa shape index (κ2) is 8.71. The van der Waals surface area contributed by atoms with Gasteiger partial charge in [-0.05, 0) is 23.7 Å². The van der Waals surface area contributed by atoms with E-state index in [1.54, 1.807) is 6.92 Å². The van der Waals surface area contributed by atoms with E-state index in [1.807, 2.05) is 6.07 Å². The van der Waals surface area contributed by atoms with Crippen molar-refractivity contribution in [2.45, 2.75) is 70.6 Å². The van der Waals surface area contributed by atoms with Crippen LogP contribution in [0.4, 0.5) is 0 Å². The van der Waals surface area contributed by atoms with Crippen LogP contribution in [0, 0.1) is 0 Å². The standard InChI is InChI=1S/C20H33IN2O2Si/c1-15(24)22-17-14-23(13-16-10-8-7-9-11-16)18(12-21)19(17)25-26(5,6)20(2,3)4/h7-11,17-19H,12-14H2,1-6H3,(H,22,24)/t17-,18-,19+/m0/s1. The fourth-order valence-electron chi connectivity index (χ4n) is 3.22. The van der Waals surface area contributed by atoms with Crippen LogP contribution in [0.1, 0.15) is 33.3 Å². The van der Waals surface area contributed by atoms with Crippen LogP contribution in [0.2, 0.25) is 18.1 Å². The molecular formula is C20H33IN2O2Si. The number of halogens is 1. The molecule has 2 rings (SSSR count). The zero-order valence-electron chi connectivity index (χ0n) is 16.9. The van der Waals surface area contributed by atoms with E-state index in [-0.39, 0.29) is 23.1 Å². The topological polar surface area (TPSA) is 41.6 Å². The molecule has 0 saturated carbocycles. The summed E-state index contributed by atoms with van der Waals surface area (Å²) in [5.41, 5.74) is 1.30. The summed E-state index contributed by atoms with van der Waals surface area (Å²) in [5, 5.41) is 3.31. The Labute approximate surface area is 173 Å². The number of hydrogen-bond acceptors (Lipinski definition) is 3. The monoisotopic (exact) mass is 488 g/mol. The van der Waals surface area contributed by atoms with Gasteiger partial charge in [0.1, 0.15) is 0 Å². The summed E-state index contributed by atoms with van der Waals surface area (Å²) < 4.78 is 7.81. The van der Waals surface area contributed by atoms with Crippen LogP contribution in [0.3, 0.4) is 0 Å². The average molecular weight is 488 g/mol. The van der Waals surface area contributed by atoms with Gasteiger partial charge in [0.25, 0.3) is 0 Å². The van der Waals surface area contributed by atoms with Gasteiger partial charge in [0.15, 0.2) is 8.32 Å². The fraction of sp³-hybridized carbons (Fsp3) is 0.650. The van der Waals surface area contributed by atoms with Crippen molar-refractivity contribution in [1.29, 1.82) is 0 Å². The van der Waals surface area contributed by atoms with Crippen LogP contribution in [0.5, 0.6) is 0 Å². The Bertz CT molecular complexity index is 604. The Kier molecular flexibility index (Phi) is 7.32. The number of rotatable bonds is 6. The number of carbonyl (C=O) groups excluding carboxylic acids is 1. The average Bonchev–Trinajstić information content (AvgIpc) is 2.82. The molecule has 1 amide bonds. The van der Waals surface area contributed by atoms with Gasteiger partial charge < -0.3 is 9.74 Å². The molecule has 0 unspecified atom stereocenters. The minimum Gasteiger partial charge on any atom is -0.410 e. The van der Waals surface area contributed by atoms with Gasteiger partial charge in [-0.3, -0.25) is 9.69 Å². The number of amides is 1. The second-order valence-corrected chi connectivity index (χ2v) is 14.4. The van der Waals surface area contributed by atoms with Crippen molar-refractivity contribution in [2.24, 2.45) is 0 Å². The first-order valence-corrected chi connectivity index (χ1v) is 13.8. The first-order chi connectivity index (χ1) is 12.0. The molecular weight excluding hydrogens is 455 g/mol. The summed E-state index contributed by atoms with van der Waals surface area (Å²) in [4.78, 5) is 14.3. The van der Waals surface area contributed by atoms with Gasteiger partial charge in [-0.15, -0.1) is 0 Å². The van der Waals surface area contributed by atoms with E-state index in [1.165, 1.54) is 5.56 Å². The highest BCUT2D eigenvalue weighted by atomic mass is 127. The van der Waals surface area contributed by atoms with E-state index < -0.39 is 8.32 Å². The third kappa shape index (κ3) is 5.30. The van der Waals surface area contributed by atoms with Crippen LogP contribution < -0.4 is 5.32 Å². The highest BCUT2D eigenvalue weighted by Crippen LogP contribution is 2.39. The lowest BCUT2D eigenvalue weighted by Crippen LogP contribution is -2.53. The minimum absolute atomic E-state index is 0.0209. The van der Waals surface area contributed by atoms with Crippen molar-refractivity contribution < 1.29 is 9.22 Å². The van der Waals surface area contributed by atoms with Crippen LogP contribution >= 0.6 is 22.6 Å². The maximum absolute atomic E-state index is 11.8. The Morgan fingerprint density at radius 3 is 2.42 bits per heavy atom. The zero-order chi connectivity index (χ0) is 19.5. The lowest BCUT2D eigenvalue weighted by Gasteiger charge is -2.41. The van der Waals surface area contributed by atoms with Crippen molar-refractivity contribution in [3.8, 4) is 0 Å². The molecule has 1 aromatic carbocycles. The van der Waals surface area contributed by atoms with Crippen molar-refractivity contribution in [2.75, 3.05) is 11.0 Å². The zero-order valence-corrected chi connectivity index (χ0v) is 20.0. The van der Waals surface area contributed by atoms with Crippen LogP contribution in [0.25, 0.3) is 0 Å². The summed E-state index contributed by atoms with van der Waals surface area (Å²) in [7, 11) is -1.92. The molecule has 1 heterocycles. The van der Waals surface area contributed by atoms with Gasteiger partial charge in [-0.1, -0.05) is 73.7 Å². The van der Waals surface area contributed by atoms with E-state index in [0.717, 1.165) is 17.5 Å². The summed E-state index contributed by atoms with van der Waals surface area (Å²) in [5.74, 6) is 0.0209. The molecule has 0 aromatic heterocycles. The van der Waals surface area contributed by atoms with E-state index >= 15 is 0 Å². The predicted octanol–water partition coefficient (Wildman–Crippen LogP) is 4.20. The third-order valence-electron chi connectivity index (χ3n) is 5.69. The molecule has 0 spiro atoms. The molecule has 3 atom stereocenters. The quantitative estimate of drug-likeness (QED) is 0.371. The smallest absolute Gasteiger partial charge is 0.217 e. The van der Waals surface area contributed by atoms with Gasteiger partial charge in [-0.2, -0.15) is 0 Å². The van der Waals surface area contributed by atoms with Crippen molar-refractivity contribution in [1.82, 2.24) is 10.2 Å². The fourth-order valence-corrected chi connectivity index (χ4v) is 5.63. The highest BCUT2D eigenvalue weighted by Gasteiger charge is 2.48. The number of hydrogen-bond donors (Lipinski definition) is 1. The van der Waals surface area contributed by atoms with Gasteiger partial charge >= 0.3 is 0 Å². The molecule has 26 heavy (non-hydrogen) atoms. The molecule has 0 bridgehead atoms. The first kappa shape index (κ1) is 21.9. The second-order valence-electron chi connectivity index (χ2n) is 8.79. The van der Waals surface area contributed by atoms with E-state index in [2.05, 4.69) is 90.9 Å². The first-order valence-electron chi connectivity index (χ1n) is 9.34. The number of benzene rings is 1. The van der Waals surface area contributed by atoms with Crippen LogP contribution in [-0.2, 0) is 15.8 Å². The molecule has 0 radical (unpaired) electrons. The molecule has 1 saturated heterocycles. The van der Waals surface area contributed by atoms with E-state index in [9.17, 15) is 4.79 Å². The molecule has 1 aliphatic rings. The number of carbonyl (C=O) groups is 1. The summed E-state index contributed by atoms with van der Waals surface area (Å²) in [6.07, 6.45) is 0.0420. The maximum Gasteiger partial charge on any atom is 0.217 e. The van der Waals surface area contributed by atoms with Crippen molar-refractivity contribution >= 4 is 36.8 Å². The van der Waals surface area contributed by atoms with Gasteiger partial charge in [0, 0.05) is 30.5 Å². The Balaban J connectivity index is 2.24. The lowest BCUT2D eigenvalue weighted by molar-refractivity contribution is -0.120. The number of nitrogens with one attached hydrogen (secondary N) is 1. The maximum atomic E-state index is 11.8. The molecule has 146 valence electrons. The molecule has 1 fully saturated rings. The summed E-state index contributed by atoms with van der Waals surface area (Å²) in [6.45, 7) is 14.7. The Morgan fingerprint density at radius 1 is 1.31 bits per heavy atom. The molecule has 4 nitrogen and oxygen atoms in total. The Morgan fingerprint density at radius 2 is 1.92 bits per heavy atom. The largest absolute Gasteiger partial charge is 0.410 e. The van der Waals surface area contributed by atoms with Crippen LogP contribution in [0.15, 0.2) is 30.3 Å². The molecule has 6 heteroatoms. The Hall–Kier alpha value is -0.443. The lowest BCUT2D eigenvalue weighted by atomic mass is 10.1. The molecule has 1 aliphatic heterocycles. The van der Waals surface area contributed by atoms with Crippen LogP contribution in [-0.4, -0.2) is 48.3 Å². The van der Waals surface area contributed by atoms with Crippen molar-refractivity contribution in [3.05, 3.63) is 35.9 Å².